The highest BCUT2D eigenvalue weighted by Gasteiger charge is 2.26. The van der Waals surface area contributed by atoms with E-state index in [4.69, 9.17) is 5.11 Å². The van der Waals surface area contributed by atoms with Crippen LogP contribution >= 0.6 is 0 Å². The van der Waals surface area contributed by atoms with Crippen LogP contribution in [0.5, 0.6) is 0 Å². The number of benzene rings is 1. The summed E-state index contributed by atoms with van der Waals surface area (Å²) in [5, 5.41) is 8.82. The number of imidazole rings is 1. The maximum absolute atomic E-state index is 12.1. The highest BCUT2D eigenvalue weighted by Crippen LogP contribution is 2.22. The van der Waals surface area contributed by atoms with E-state index in [0.717, 1.165) is 0 Å². The van der Waals surface area contributed by atoms with Crippen molar-refractivity contribution in [2.24, 2.45) is 0 Å². The van der Waals surface area contributed by atoms with E-state index in [0.29, 0.717) is 11.0 Å². The van der Waals surface area contributed by atoms with Crippen molar-refractivity contribution in [3.05, 3.63) is 30.1 Å². The van der Waals surface area contributed by atoms with Gasteiger partial charge in [-0.05, 0) is 18.2 Å². The highest BCUT2D eigenvalue weighted by atomic mass is 19.4. The van der Waals surface area contributed by atoms with Gasteiger partial charge in [-0.25, -0.2) is 9.78 Å². The van der Waals surface area contributed by atoms with Crippen LogP contribution in [0.15, 0.2) is 24.5 Å². The van der Waals surface area contributed by atoms with Gasteiger partial charge in [0.15, 0.2) is 0 Å². The lowest BCUT2D eigenvalue weighted by Crippen LogP contribution is -2.11. The van der Waals surface area contributed by atoms with Crippen LogP contribution in [0, 0.1) is 0 Å². The molecule has 0 radical (unpaired) electrons. The molecule has 0 saturated carbocycles. The Morgan fingerprint density at radius 1 is 1.39 bits per heavy atom. The predicted octanol–water partition coefficient (Wildman–Crippen LogP) is 2.69. The summed E-state index contributed by atoms with van der Waals surface area (Å²) in [6.45, 7) is -0.275. The number of aromatic carboxylic acids is 1. The highest BCUT2D eigenvalue weighted by molar-refractivity contribution is 5.92. The molecule has 0 fully saturated rings. The molecule has 0 aliphatic heterocycles. The smallest absolute Gasteiger partial charge is 0.390 e. The van der Waals surface area contributed by atoms with E-state index in [1.54, 1.807) is 0 Å². The van der Waals surface area contributed by atoms with Crippen LogP contribution < -0.4 is 0 Å². The number of alkyl halides is 3. The molecule has 0 aliphatic rings. The zero-order chi connectivity index (χ0) is 13.3. The SMILES string of the molecule is O=C(O)c1ccc2ncn(CCC(F)(F)F)c2c1. The van der Waals surface area contributed by atoms with E-state index in [2.05, 4.69) is 4.98 Å². The fourth-order valence-electron chi connectivity index (χ4n) is 1.62. The minimum atomic E-state index is -4.25. The van der Waals surface area contributed by atoms with E-state index in [1.807, 2.05) is 0 Å². The molecule has 1 N–H and O–H groups in total. The van der Waals surface area contributed by atoms with Crippen molar-refractivity contribution in [2.75, 3.05) is 0 Å². The monoisotopic (exact) mass is 258 g/mol. The second kappa shape index (κ2) is 4.32. The van der Waals surface area contributed by atoms with Crippen LogP contribution in [0.4, 0.5) is 13.2 Å². The number of rotatable bonds is 3. The molecule has 1 heterocycles. The van der Waals surface area contributed by atoms with Crippen molar-refractivity contribution in [1.82, 2.24) is 9.55 Å². The van der Waals surface area contributed by atoms with Gasteiger partial charge in [0, 0.05) is 6.54 Å². The van der Waals surface area contributed by atoms with Gasteiger partial charge >= 0.3 is 12.1 Å². The maximum Gasteiger partial charge on any atom is 0.390 e. The second-order valence-electron chi connectivity index (χ2n) is 3.81. The standard InChI is InChI=1S/C11H9F3N2O2/c12-11(13,14)3-4-16-6-15-8-2-1-7(10(17)18)5-9(8)16/h1-2,5-6H,3-4H2,(H,17,18). The summed E-state index contributed by atoms with van der Waals surface area (Å²) in [4.78, 5) is 14.7. The molecule has 18 heavy (non-hydrogen) atoms. The first-order valence-electron chi connectivity index (χ1n) is 5.12. The van der Waals surface area contributed by atoms with Gasteiger partial charge in [-0.1, -0.05) is 0 Å². The van der Waals surface area contributed by atoms with Crippen molar-refractivity contribution in [2.45, 2.75) is 19.1 Å². The normalized spacial score (nSPS) is 11.9. The van der Waals surface area contributed by atoms with E-state index in [9.17, 15) is 18.0 Å². The number of nitrogens with zero attached hydrogens (tertiary/aromatic N) is 2. The Balaban J connectivity index is 2.33. The molecule has 0 amide bonds. The quantitative estimate of drug-likeness (QED) is 0.920. The number of hydrogen-bond donors (Lipinski definition) is 1. The third-order valence-corrected chi connectivity index (χ3v) is 2.50. The molecule has 1 aromatic carbocycles. The Labute approximate surface area is 99.7 Å². The lowest BCUT2D eigenvalue weighted by molar-refractivity contribution is -0.136. The van der Waals surface area contributed by atoms with Gasteiger partial charge in [-0.3, -0.25) is 0 Å². The second-order valence-corrected chi connectivity index (χ2v) is 3.81. The summed E-state index contributed by atoms with van der Waals surface area (Å²) in [5.41, 5.74) is 0.887. The average Bonchev–Trinajstić information content (AvgIpc) is 2.67. The Morgan fingerprint density at radius 3 is 2.72 bits per heavy atom. The summed E-state index contributed by atoms with van der Waals surface area (Å²) >= 11 is 0. The summed E-state index contributed by atoms with van der Waals surface area (Å²) < 4.78 is 37.7. The lowest BCUT2D eigenvalue weighted by atomic mass is 10.2. The summed E-state index contributed by atoms with van der Waals surface area (Å²) in [7, 11) is 0. The average molecular weight is 258 g/mol. The number of halogens is 3. The molecule has 0 aliphatic carbocycles. The first-order valence-corrected chi connectivity index (χ1v) is 5.12. The van der Waals surface area contributed by atoms with Crippen LogP contribution in [0.25, 0.3) is 11.0 Å². The van der Waals surface area contributed by atoms with Crippen LogP contribution in [0.2, 0.25) is 0 Å². The van der Waals surface area contributed by atoms with Crippen LogP contribution in [-0.4, -0.2) is 26.8 Å². The molecule has 0 atom stereocenters. The molecule has 0 bridgehead atoms. The zero-order valence-electron chi connectivity index (χ0n) is 9.11. The van der Waals surface area contributed by atoms with Gasteiger partial charge in [0.1, 0.15) is 0 Å². The number of fused-ring (bicyclic) bond motifs is 1. The molecule has 0 spiro atoms. The first-order chi connectivity index (χ1) is 8.37. The summed E-state index contributed by atoms with van der Waals surface area (Å²) in [6.07, 6.45) is -3.95. The Hall–Kier alpha value is -2.05. The zero-order valence-corrected chi connectivity index (χ0v) is 9.11. The van der Waals surface area contributed by atoms with Gasteiger partial charge in [-0.15, -0.1) is 0 Å². The van der Waals surface area contributed by atoms with E-state index < -0.39 is 18.6 Å². The topological polar surface area (TPSA) is 55.1 Å². The van der Waals surface area contributed by atoms with E-state index in [-0.39, 0.29) is 12.1 Å². The van der Waals surface area contributed by atoms with Gasteiger partial charge in [-0.2, -0.15) is 13.2 Å². The molecule has 0 unspecified atom stereocenters. The molecule has 0 saturated heterocycles. The van der Waals surface area contributed by atoms with Crippen molar-refractivity contribution in [1.29, 1.82) is 0 Å². The van der Waals surface area contributed by atoms with Gasteiger partial charge in [0.2, 0.25) is 0 Å². The summed E-state index contributed by atoms with van der Waals surface area (Å²) in [5.74, 6) is -1.12. The number of hydrogen-bond acceptors (Lipinski definition) is 2. The number of aryl methyl sites for hydroxylation is 1. The minimum Gasteiger partial charge on any atom is -0.478 e. The van der Waals surface area contributed by atoms with E-state index in [1.165, 1.54) is 29.1 Å². The molecule has 7 heteroatoms. The molecule has 1 aromatic heterocycles. The molecule has 96 valence electrons. The van der Waals surface area contributed by atoms with Crippen LogP contribution in [-0.2, 0) is 6.54 Å². The van der Waals surface area contributed by atoms with Crippen molar-refractivity contribution in [3.8, 4) is 0 Å². The number of carboxylic acids is 1. The molecule has 4 nitrogen and oxygen atoms in total. The van der Waals surface area contributed by atoms with Gasteiger partial charge in [0.05, 0.1) is 29.3 Å². The van der Waals surface area contributed by atoms with Crippen molar-refractivity contribution >= 4 is 17.0 Å². The van der Waals surface area contributed by atoms with Crippen molar-refractivity contribution < 1.29 is 23.1 Å². The summed E-state index contributed by atoms with van der Waals surface area (Å²) in [6, 6.07) is 4.16. The Bertz CT molecular complexity index is 589. The Kier molecular flexibility index (Phi) is 2.98. The fourth-order valence-corrected chi connectivity index (χ4v) is 1.62. The maximum atomic E-state index is 12.1. The third-order valence-electron chi connectivity index (χ3n) is 2.50. The number of carboxylic acid groups (broad SMARTS) is 1. The first kappa shape index (κ1) is 12.4. The van der Waals surface area contributed by atoms with Gasteiger partial charge < -0.3 is 9.67 Å². The Morgan fingerprint density at radius 2 is 2.11 bits per heavy atom. The number of carbonyl (C=O) groups is 1. The fraction of sp³-hybridized carbons (Fsp3) is 0.273. The number of aromatic nitrogens is 2. The van der Waals surface area contributed by atoms with Gasteiger partial charge in [0.25, 0.3) is 0 Å². The van der Waals surface area contributed by atoms with E-state index >= 15 is 0 Å². The molecule has 2 aromatic rings. The molecule has 2 rings (SSSR count). The lowest BCUT2D eigenvalue weighted by Gasteiger charge is -2.07. The van der Waals surface area contributed by atoms with Crippen molar-refractivity contribution in [3.63, 3.8) is 0 Å². The van der Waals surface area contributed by atoms with Crippen LogP contribution in [0.3, 0.4) is 0 Å². The minimum absolute atomic E-state index is 0.0243. The molecular formula is C11H9F3N2O2. The largest absolute Gasteiger partial charge is 0.478 e. The predicted molar refractivity (Wildman–Crippen MR) is 57.4 cm³/mol. The molecular weight excluding hydrogens is 249 g/mol. The van der Waals surface area contributed by atoms with Crippen LogP contribution in [0.1, 0.15) is 16.8 Å². The third kappa shape index (κ3) is 2.61.